The van der Waals surface area contributed by atoms with E-state index in [1.807, 2.05) is 24.3 Å². The summed E-state index contributed by atoms with van der Waals surface area (Å²) in [6.07, 6.45) is 3.59. The first-order chi connectivity index (χ1) is 13.0. The van der Waals surface area contributed by atoms with E-state index in [0.717, 1.165) is 28.3 Å². The van der Waals surface area contributed by atoms with Crippen molar-refractivity contribution < 1.29 is 0 Å². The number of halogens is 3. The third-order valence-corrected chi connectivity index (χ3v) is 7.40. The summed E-state index contributed by atoms with van der Waals surface area (Å²) in [7, 11) is 2.25. The molecule has 140 valence electrons. The first kappa shape index (κ1) is 17.8. The van der Waals surface area contributed by atoms with Gasteiger partial charge in [-0.15, -0.1) is 0 Å². The zero-order chi connectivity index (χ0) is 18.7. The fourth-order valence-electron chi connectivity index (χ4n) is 5.07. The Hall–Kier alpha value is -1.26. The van der Waals surface area contributed by atoms with Crippen LogP contribution in [0.15, 0.2) is 36.4 Å². The molecule has 2 saturated heterocycles. The predicted molar refractivity (Wildman–Crippen MR) is 112 cm³/mol. The van der Waals surface area contributed by atoms with E-state index in [-0.39, 0.29) is 0 Å². The van der Waals surface area contributed by atoms with Crippen molar-refractivity contribution in [3.63, 3.8) is 0 Å². The largest absolute Gasteiger partial charge is 0.342 e. The Morgan fingerprint density at radius 3 is 2.56 bits per heavy atom. The minimum Gasteiger partial charge on any atom is -0.342 e. The van der Waals surface area contributed by atoms with Crippen molar-refractivity contribution in [1.82, 2.24) is 14.9 Å². The molecule has 4 atom stereocenters. The van der Waals surface area contributed by atoms with E-state index in [1.54, 1.807) is 0 Å². The fourth-order valence-corrected chi connectivity index (χ4v) is 5.52. The number of fused-ring (bicyclic) bond motifs is 3. The number of piperidine rings is 1. The zero-order valence-corrected chi connectivity index (χ0v) is 17.2. The lowest BCUT2D eigenvalue weighted by Gasteiger charge is -2.42. The highest BCUT2D eigenvalue weighted by molar-refractivity contribution is 6.42. The summed E-state index contributed by atoms with van der Waals surface area (Å²) in [5.41, 5.74) is 3.15. The monoisotopic (exact) mass is 419 g/mol. The van der Waals surface area contributed by atoms with Gasteiger partial charge in [-0.2, -0.15) is 0 Å². The fraction of sp³-hybridized carbons (Fsp3) is 0.381. The second-order valence-electron chi connectivity index (χ2n) is 7.79. The summed E-state index contributed by atoms with van der Waals surface area (Å²) in [5.74, 6) is 1.75. The molecule has 0 spiro atoms. The minimum atomic E-state index is 0.305. The third-order valence-electron chi connectivity index (χ3n) is 6.42. The number of benzene rings is 2. The van der Waals surface area contributed by atoms with E-state index in [9.17, 15) is 0 Å². The number of imidazole rings is 1. The quantitative estimate of drug-likeness (QED) is 0.531. The Kier molecular flexibility index (Phi) is 4.40. The number of H-pyrrole nitrogens is 1. The number of rotatable bonds is 2. The average molecular weight is 421 g/mol. The maximum Gasteiger partial charge on any atom is 0.112 e. The molecular formula is C21H20Cl3N3. The second kappa shape index (κ2) is 6.66. The molecule has 2 aliphatic rings. The highest BCUT2D eigenvalue weighted by Gasteiger charge is 2.47. The van der Waals surface area contributed by atoms with Crippen molar-refractivity contribution >= 4 is 45.8 Å². The maximum absolute atomic E-state index is 6.21. The van der Waals surface area contributed by atoms with Gasteiger partial charge in [0.2, 0.25) is 0 Å². The third kappa shape index (κ3) is 2.96. The molecule has 27 heavy (non-hydrogen) atoms. The first-order valence-corrected chi connectivity index (χ1v) is 10.5. The number of aromatic amines is 1. The summed E-state index contributed by atoms with van der Waals surface area (Å²) in [4.78, 5) is 11.0. The molecule has 0 radical (unpaired) electrons. The van der Waals surface area contributed by atoms with Crippen LogP contribution in [0.25, 0.3) is 11.0 Å². The Bertz CT molecular complexity index is 959. The standard InChI is InChI=1S/C21H20Cl3N3/c1-27-13-6-7-19(27)20(14(8-13)11-2-4-12(22)5-3-11)21-25-17-9-15(23)16(24)10-18(17)26-21/h2-5,9-10,13-14,19-20H,6-8H2,1H3,(H,25,26)/t13-,14?,19?,20+/m1/s1. The number of likely N-dealkylation sites (N-methyl/N-ethyl adjacent to an activating group) is 1. The van der Waals surface area contributed by atoms with Crippen molar-refractivity contribution in [2.24, 2.45) is 0 Å². The molecule has 5 rings (SSSR count). The van der Waals surface area contributed by atoms with E-state index in [1.165, 1.54) is 18.4 Å². The van der Waals surface area contributed by atoms with Crippen molar-refractivity contribution in [3.8, 4) is 0 Å². The number of aromatic nitrogens is 2. The van der Waals surface area contributed by atoms with Gasteiger partial charge in [-0.05, 0) is 62.1 Å². The van der Waals surface area contributed by atoms with Crippen LogP contribution in [0.4, 0.5) is 0 Å². The first-order valence-electron chi connectivity index (χ1n) is 9.33. The van der Waals surface area contributed by atoms with Crippen molar-refractivity contribution in [2.75, 3.05) is 7.05 Å². The van der Waals surface area contributed by atoms with Gasteiger partial charge in [0.1, 0.15) is 5.82 Å². The smallest absolute Gasteiger partial charge is 0.112 e. The van der Waals surface area contributed by atoms with Crippen LogP contribution in [0.5, 0.6) is 0 Å². The van der Waals surface area contributed by atoms with Crippen LogP contribution in [-0.4, -0.2) is 34.0 Å². The van der Waals surface area contributed by atoms with E-state index in [0.29, 0.717) is 34.0 Å². The summed E-state index contributed by atoms with van der Waals surface area (Å²) >= 11 is 18.5. The van der Waals surface area contributed by atoms with Crippen LogP contribution >= 0.6 is 34.8 Å². The summed E-state index contributed by atoms with van der Waals surface area (Å²) in [6.45, 7) is 0. The Morgan fingerprint density at radius 1 is 1.04 bits per heavy atom. The van der Waals surface area contributed by atoms with Gasteiger partial charge in [-0.1, -0.05) is 46.9 Å². The Labute approximate surface area is 173 Å². The van der Waals surface area contributed by atoms with Crippen LogP contribution in [0.2, 0.25) is 15.1 Å². The van der Waals surface area contributed by atoms with Gasteiger partial charge in [0.15, 0.2) is 0 Å². The van der Waals surface area contributed by atoms with Crippen LogP contribution in [-0.2, 0) is 0 Å². The molecule has 6 heteroatoms. The van der Waals surface area contributed by atoms with Crippen molar-refractivity contribution in [2.45, 2.75) is 43.2 Å². The van der Waals surface area contributed by atoms with E-state index < -0.39 is 0 Å². The molecule has 1 aromatic heterocycles. The number of hydrogen-bond acceptors (Lipinski definition) is 2. The summed E-state index contributed by atoms with van der Waals surface area (Å²) in [5, 5.41) is 1.87. The molecule has 3 aromatic rings. The molecule has 0 aliphatic carbocycles. The van der Waals surface area contributed by atoms with E-state index in [2.05, 4.69) is 29.1 Å². The number of hydrogen-bond donors (Lipinski definition) is 1. The molecule has 3 heterocycles. The lowest BCUT2D eigenvalue weighted by Crippen LogP contribution is -2.44. The summed E-state index contributed by atoms with van der Waals surface area (Å²) < 4.78 is 0. The second-order valence-corrected chi connectivity index (χ2v) is 9.04. The molecule has 0 amide bonds. The van der Waals surface area contributed by atoms with Crippen LogP contribution in [0, 0.1) is 0 Å². The maximum atomic E-state index is 6.21. The summed E-state index contributed by atoms with van der Waals surface area (Å²) in [6, 6.07) is 13.2. The Balaban J connectivity index is 1.62. The SMILES string of the molecule is CN1C2CC[C@@H]1CC(c1ccc(Cl)cc1)[C@@H]2c1nc2cc(Cl)c(Cl)cc2[nH]1. The lowest BCUT2D eigenvalue weighted by atomic mass is 9.76. The molecule has 2 bridgehead atoms. The number of nitrogens with one attached hydrogen (secondary N) is 1. The predicted octanol–water partition coefficient (Wildman–Crippen LogP) is 6.26. The van der Waals surface area contributed by atoms with Crippen molar-refractivity contribution in [1.29, 1.82) is 0 Å². The van der Waals surface area contributed by atoms with Gasteiger partial charge in [0, 0.05) is 23.0 Å². The van der Waals surface area contributed by atoms with E-state index in [4.69, 9.17) is 39.8 Å². The van der Waals surface area contributed by atoms with Gasteiger partial charge >= 0.3 is 0 Å². The number of nitrogens with zero attached hydrogens (tertiary/aromatic N) is 2. The molecule has 3 nitrogen and oxygen atoms in total. The normalized spacial score (nSPS) is 28.1. The molecule has 2 aromatic carbocycles. The highest BCUT2D eigenvalue weighted by atomic mass is 35.5. The topological polar surface area (TPSA) is 31.9 Å². The van der Waals surface area contributed by atoms with Crippen LogP contribution < -0.4 is 0 Å². The molecular weight excluding hydrogens is 401 g/mol. The van der Waals surface area contributed by atoms with E-state index >= 15 is 0 Å². The lowest BCUT2D eigenvalue weighted by molar-refractivity contribution is 0.134. The van der Waals surface area contributed by atoms with Gasteiger partial charge < -0.3 is 4.98 Å². The van der Waals surface area contributed by atoms with Crippen LogP contribution in [0.1, 0.15) is 42.5 Å². The van der Waals surface area contributed by atoms with Crippen molar-refractivity contribution in [3.05, 3.63) is 62.9 Å². The van der Waals surface area contributed by atoms with Gasteiger partial charge in [-0.3, -0.25) is 4.90 Å². The Morgan fingerprint density at radius 2 is 1.78 bits per heavy atom. The minimum absolute atomic E-state index is 0.305. The molecule has 2 fully saturated rings. The van der Waals surface area contributed by atoms with Crippen LogP contribution in [0.3, 0.4) is 0 Å². The zero-order valence-electron chi connectivity index (χ0n) is 14.9. The average Bonchev–Trinajstić information content (AvgIpc) is 3.13. The van der Waals surface area contributed by atoms with Gasteiger partial charge in [0.05, 0.1) is 21.1 Å². The molecule has 1 N–H and O–H groups in total. The van der Waals surface area contributed by atoms with Gasteiger partial charge in [0.25, 0.3) is 0 Å². The highest BCUT2D eigenvalue weighted by Crippen LogP contribution is 2.50. The van der Waals surface area contributed by atoms with Gasteiger partial charge in [-0.25, -0.2) is 4.98 Å². The molecule has 0 saturated carbocycles. The molecule has 2 aliphatic heterocycles. The molecule has 2 unspecified atom stereocenters.